The summed E-state index contributed by atoms with van der Waals surface area (Å²) in [6.45, 7) is 2.08. The molecule has 0 saturated carbocycles. The molecule has 31 heavy (non-hydrogen) atoms. The van der Waals surface area contributed by atoms with Crippen LogP contribution in [0.5, 0.6) is 5.75 Å². The number of carbonyl (C=O) groups is 2. The number of hydrogen-bond acceptors (Lipinski definition) is 5. The molecule has 9 heteroatoms. The first-order valence-corrected chi connectivity index (χ1v) is 9.86. The summed E-state index contributed by atoms with van der Waals surface area (Å²) in [6.07, 6.45) is 0.0101. The van der Waals surface area contributed by atoms with Crippen molar-refractivity contribution in [3.05, 3.63) is 69.4 Å². The minimum atomic E-state index is -0.574. The Morgan fingerprint density at radius 1 is 1.13 bits per heavy atom. The number of likely N-dealkylation sites (N-methyl/N-ethyl adjacent to an activating group) is 1. The van der Waals surface area contributed by atoms with E-state index in [1.807, 2.05) is 0 Å². The first-order valence-electron chi connectivity index (χ1n) is 9.86. The molecular weight excluding hydrogens is 400 g/mol. The van der Waals surface area contributed by atoms with Crippen molar-refractivity contribution in [3.8, 4) is 5.75 Å². The van der Waals surface area contributed by atoms with E-state index in [0.29, 0.717) is 28.9 Å². The summed E-state index contributed by atoms with van der Waals surface area (Å²) in [5, 5.41) is 3.12. The maximum absolute atomic E-state index is 12.7. The highest BCUT2D eigenvalue weighted by molar-refractivity contribution is 5.94. The van der Waals surface area contributed by atoms with Gasteiger partial charge in [-0.3, -0.25) is 23.9 Å². The molecule has 0 fully saturated rings. The molecule has 0 unspecified atom stereocenters. The molecule has 3 aromatic rings. The molecule has 2 amide bonds. The Labute approximate surface area is 178 Å². The summed E-state index contributed by atoms with van der Waals surface area (Å²) in [4.78, 5) is 53.0. The quantitative estimate of drug-likeness (QED) is 0.570. The normalized spacial score (nSPS) is 10.6. The fourth-order valence-electron chi connectivity index (χ4n) is 3.28. The van der Waals surface area contributed by atoms with E-state index < -0.39 is 11.2 Å². The van der Waals surface area contributed by atoms with Crippen LogP contribution in [-0.2, 0) is 16.1 Å². The molecule has 1 heterocycles. The Morgan fingerprint density at radius 3 is 2.65 bits per heavy atom. The van der Waals surface area contributed by atoms with Crippen LogP contribution in [0, 0.1) is 0 Å². The number of benzene rings is 2. The number of rotatable bonds is 8. The van der Waals surface area contributed by atoms with Gasteiger partial charge in [0.2, 0.25) is 11.8 Å². The Balaban J connectivity index is 1.66. The highest BCUT2D eigenvalue weighted by atomic mass is 16.5. The maximum Gasteiger partial charge on any atom is 0.328 e. The van der Waals surface area contributed by atoms with E-state index in [9.17, 15) is 19.2 Å². The van der Waals surface area contributed by atoms with Crippen LogP contribution in [0.25, 0.3) is 10.9 Å². The average molecular weight is 424 g/mol. The number of carbonyl (C=O) groups excluding carboxylic acids is 2. The number of methoxy groups -OCH3 is 1. The standard InChI is InChI=1S/C22H24N4O5/c1-3-25(14-19(27)23-15-7-6-8-16(13-15)31-2)20(28)11-12-26-18-10-5-4-9-17(18)21(29)24-22(26)30/h4-10,13H,3,11-12,14H2,1-2H3,(H,23,27)(H,24,29,30). The number of ether oxygens (including phenoxy) is 1. The highest BCUT2D eigenvalue weighted by Crippen LogP contribution is 2.16. The minimum Gasteiger partial charge on any atom is -0.497 e. The van der Waals surface area contributed by atoms with Gasteiger partial charge in [0.15, 0.2) is 0 Å². The second kappa shape index (κ2) is 9.75. The second-order valence-electron chi connectivity index (χ2n) is 6.87. The topological polar surface area (TPSA) is 114 Å². The lowest BCUT2D eigenvalue weighted by atomic mass is 10.2. The van der Waals surface area contributed by atoms with E-state index in [0.717, 1.165) is 0 Å². The average Bonchev–Trinajstić information content (AvgIpc) is 2.77. The van der Waals surface area contributed by atoms with E-state index in [2.05, 4.69) is 10.3 Å². The number of H-pyrrole nitrogens is 1. The predicted octanol–water partition coefficient (Wildman–Crippen LogP) is 1.58. The van der Waals surface area contributed by atoms with Crippen LogP contribution in [0.1, 0.15) is 13.3 Å². The third kappa shape index (κ3) is 5.19. The van der Waals surface area contributed by atoms with Gasteiger partial charge in [0, 0.05) is 31.3 Å². The molecule has 2 N–H and O–H groups in total. The van der Waals surface area contributed by atoms with Crippen molar-refractivity contribution < 1.29 is 14.3 Å². The maximum atomic E-state index is 12.7. The summed E-state index contributed by atoms with van der Waals surface area (Å²) in [6, 6.07) is 13.6. The smallest absolute Gasteiger partial charge is 0.328 e. The van der Waals surface area contributed by atoms with Gasteiger partial charge in [0.25, 0.3) is 5.56 Å². The lowest BCUT2D eigenvalue weighted by molar-refractivity contribution is -0.134. The molecule has 0 aliphatic rings. The van der Waals surface area contributed by atoms with Crippen LogP contribution < -0.4 is 21.3 Å². The molecule has 0 atom stereocenters. The van der Waals surface area contributed by atoms with Gasteiger partial charge >= 0.3 is 5.69 Å². The van der Waals surface area contributed by atoms with Crippen LogP contribution in [-0.4, -0.2) is 46.5 Å². The van der Waals surface area contributed by atoms with E-state index in [1.165, 1.54) is 16.6 Å². The van der Waals surface area contributed by atoms with E-state index in [4.69, 9.17) is 4.74 Å². The summed E-state index contributed by atoms with van der Waals surface area (Å²) < 4.78 is 6.49. The van der Waals surface area contributed by atoms with E-state index in [1.54, 1.807) is 55.5 Å². The summed E-state index contributed by atoms with van der Waals surface area (Å²) >= 11 is 0. The number of aromatic nitrogens is 2. The van der Waals surface area contributed by atoms with Gasteiger partial charge in [-0.15, -0.1) is 0 Å². The Hall–Kier alpha value is -3.88. The molecule has 162 valence electrons. The predicted molar refractivity (Wildman–Crippen MR) is 117 cm³/mol. The van der Waals surface area contributed by atoms with Gasteiger partial charge in [-0.05, 0) is 31.2 Å². The van der Waals surface area contributed by atoms with Crippen molar-refractivity contribution in [1.82, 2.24) is 14.5 Å². The zero-order valence-corrected chi connectivity index (χ0v) is 17.4. The number of aromatic amines is 1. The first-order chi connectivity index (χ1) is 14.9. The van der Waals surface area contributed by atoms with Crippen molar-refractivity contribution in [1.29, 1.82) is 0 Å². The molecule has 0 bridgehead atoms. The van der Waals surface area contributed by atoms with Crippen LogP contribution in [0.2, 0.25) is 0 Å². The number of nitrogens with one attached hydrogen (secondary N) is 2. The zero-order chi connectivity index (χ0) is 22.4. The molecule has 0 aliphatic heterocycles. The number of hydrogen-bond donors (Lipinski definition) is 2. The second-order valence-corrected chi connectivity index (χ2v) is 6.87. The minimum absolute atomic E-state index is 0.0101. The van der Waals surface area contributed by atoms with E-state index >= 15 is 0 Å². The van der Waals surface area contributed by atoms with Gasteiger partial charge in [0.05, 0.1) is 24.6 Å². The van der Waals surface area contributed by atoms with Crippen molar-refractivity contribution in [3.63, 3.8) is 0 Å². The van der Waals surface area contributed by atoms with Gasteiger partial charge in [-0.1, -0.05) is 18.2 Å². The zero-order valence-electron chi connectivity index (χ0n) is 17.4. The van der Waals surface area contributed by atoms with Crippen LogP contribution in [0.3, 0.4) is 0 Å². The lowest BCUT2D eigenvalue weighted by Gasteiger charge is -2.21. The number of nitrogens with zero attached hydrogens (tertiary/aromatic N) is 2. The van der Waals surface area contributed by atoms with Crippen molar-refractivity contribution >= 4 is 28.4 Å². The molecule has 0 saturated heterocycles. The van der Waals surface area contributed by atoms with Crippen LogP contribution >= 0.6 is 0 Å². The molecule has 2 aromatic carbocycles. The fraction of sp³-hybridized carbons (Fsp3) is 0.273. The third-order valence-electron chi connectivity index (χ3n) is 4.88. The summed E-state index contributed by atoms with van der Waals surface area (Å²) in [5.41, 5.74) is -0.00938. The largest absolute Gasteiger partial charge is 0.497 e. The highest BCUT2D eigenvalue weighted by Gasteiger charge is 2.17. The lowest BCUT2D eigenvalue weighted by Crippen LogP contribution is -2.39. The molecule has 0 spiro atoms. The number of aryl methyl sites for hydroxylation is 1. The first kappa shape index (κ1) is 21.8. The SMILES string of the molecule is CCN(CC(=O)Nc1cccc(OC)c1)C(=O)CCn1c(=O)[nH]c(=O)c2ccccc21. The van der Waals surface area contributed by atoms with Crippen molar-refractivity contribution in [2.45, 2.75) is 19.9 Å². The number of amides is 2. The Morgan fingerprint density at radius 2 is 1.90 bits per heavy atom. The van der Waals surface area contributed by atoms with Gasteiger partial charge in [-0.25, -0.2) is 4.79 Å². The fourth-order valence-corrected chi connectivity index (χ4v) is 3.28. The Kier molecular flexibility index (Phi) is 6.86. The summed E-state index contributed by atoms with van der Waals surface area (Å²) in [7, 11) is 1.54. The van der Waals surface area contributed by atoms with Gasteiger partial charge in [-0.2, -0.15) is 0 Å². The van der Waals surface area contributed by atoms with Crippen molar-refractivity contribution in [2.24, 2.45) is 0 Å². The monoisotopic (exact) mass is 424 g/mol. The van der Waals surface area contributed by atoms with Crippen LogP contribution in [0.4, 0.5) is 5.69 Å². The number of para-hydroxylation sites is 1. The van der Waals surface area contributed by atoms with Gasteiger partial charge < -0.3 is 15.0 Å². The molecule has 0 radical (unpaired) electrons. The number of anilines is 1. The molecule has 9 nitrogen and oxygen atoms in total. The van der Waals surface area contributed by atoms with Crippen LogP contribution in [0.15, 0.2) is 58.1 Å². The molecular formula is C22H24N4O5. The molecule has 1 aromatic heterocycles. The number of fused-ring (bicyclic) bond motifs is 1. The van der Waals surface area contributed by atoms with Gasteiger partial charge in [0.1, 0.15) is 5.75 Å². The summed E-state index contributed by atoms with van der Waals surface area (Å²) in [5.74, 6) is 0.000351. The van der Waals surface area contributed by atoms with E-state index in [-0.39, 0.29) is 31.3 Å². The third-order valence-corrected chi connectivity index (χ3v) is 4.88. The Bertz CT molecular complexity index is 1210. The molecule has 0 aliphatic carbocycles. The molecule has 3 rings (SSSR count). The van der Waals surface area contributed by atoms with Crippen molar-refractivity contribution in [2.75, 3.05) is 25.5 Å².